The molecule has 0 aliphatic heterocycles. The number of benzene rings is 1. The Bertz CT molecular complexity index is 552. The number of hydrogen-bond donors (Lipinski definition) is 4. The third kappa shape index (κ3) is 5.04. The van der Waals surface area contributed by atoms with E-state index in [4.69, 9.17) is 11.5 Å². The van der Waals surface area contributed by atoms with Crippen molar-refractivity contribution >= 4 is 11.9 Å². The van der Waals surface area contributed by atoms with E-state index in [1.165, 1.54) is 18.2 Å². The lowest BCUT2D eigenvalue weighted by Gasteiger charge is -2.31. The van der Waals surface area contributed by atoms with Gasteiger partial charge in [0, 0.05) is 6.04 Å². The Morgan fingerprint density at radius 3 is 2.00 bits per heavy atom. The summed E-state index contributed by atoms with van der Waals surface area (Å²) < 4.78 is 0. The first-order chi connectivity index (χ1) is 10.6. The summed E-state index contributed by atoms with van der Waals surface area (Å²) >= 11 is 0. The molecule has 0 amide bonds. The Labute approximate surface area is 136 Å². The maximum atomic E-state index is 11.4. The number of nitrogens with two attached hydrogens (primary N) is 2. The van der Waals surface area contributed by atoms with E-state index < -0.39 is 18.0 Å². The van der Waals surface area contributed by atoms with Gasteiger partial charge in [-0.2, -0.15) is 0 Å². The second-order valence-corrected chi connectivity index (χ2v) is 6.90. The summed E-state index contributed by atoms with van der Waals surface area (Å²) in [7, 11) is 0. The SMILES string of the molecule is CC(CN)CC(C)(C)CC(N)c1c(C(=O)O)cccc1C(=O)O. The molecule has 0 aliphatic rings. The van der Waals surface area contributed by atoms with E-state index in [1.54, 1.807) is 0 Å². The molecule has 0 saturated heterocycles. The molecule has 0 saturated carbocycles. The Morgan fingerprint density at radius 2 is 1.61 bits per heavy atom. The third-order valence-corrected chi connectivity index (χ3v) is 4.01. The van der Waals surface area contributed by atoms with Gasteiger partial charge in [0.1, 0.15) is 0 Å². The average Bonchev–Trinajstić information content (AvgIpc) is 2.44. The summed E-state index contributed by atoms with van der Waals surface area (Å²) in [6.45, 7) is 6.66. The van der Waals surface area contributed by atoms with Crippen LogP contribution in [0, 0.1) is 11.3 Å². The molecule has 0 heterocycles. The highest BCUT2D eigenvalue weighted by Crippen LogP contribution is 2.36. The van der Waals surface area contributed by atoms with Crippen molar-refractivity contribution in [3.05, 3.63) is 34.9 Å². The first-order valence-corrected chi connectivity index (χ1v) is 7.64. The summed E-state index contributed by atoms with van der Waals surface area (Å²) in [6.07, 6.45) is 1.30. The molecule has 0 fully saturated rings. The normalized spacial score (nSPS) is 14.3. The highest BCUT2D eigenvalue weighted by atomic mass is 16.4. The van der Waals surface area contributed by atoms with Crippen LogP contribution in [0.2, 0.25) is 0 Å². The van der Waals surface area contributed by atoms with Crippen LogP contribution in [0.3, 0.4) is 0 Å². The summed E-state index contributed by atoms with van der Waals surface area (Å²) in [5, 5.41) is 18.7. The minimum absolute atomic E-state index is 0.0555. The second-order valence-electron chi connectivity index (χ2n) is 6.90. The van der Waals surface area contributed by atoms with Crippen LogP contribution in [-0.4, -0.2) is 28.7 Å². The van der Waals surface area contributed by atoms with E-state index in [1.807, 2.05) is 20.8 Å². The van der Waals surface area contributed by atoms with Crippen molar-refractivity contribution in [3.63, 3.8) is 0 Å². The van der Waals surface area contributed by atoms with Crippen LogP contribution in [0.15, 0.2) is 18.2 Å². The van der Waals surface area contributed by atoms with Crippen molar-refractivity contribution in [2.45, 2.75) is 39.7 Å². The average molecular weight is 322 g/mol. The molecule has 1 aromatic rings. The van der Waals surface area contributed by atoms with Crippen molar-refractivity contribution in [2.75, 3.05) is 6.54 Å². The zero-order chi connectivity index (χ0) is 17.8. The quantitative estimate of drug-likeness (QED) is 0.582. The van der Waals surface area contributed by atoms with Crippen LogP contribution in [0.4, 0.5) is 0 Å². The molecular weight excluding hydrogens is 296 g/mol. The van der Waals surface area contributed by atoms with Gasteiger partial charge < -0.3 is 21.7 Å². The number of hydrogen-bond acceptors (Lipinski definition) is 4. The van der Waals surface area contributed by atoms with Gasteiger partial charge in [0.15, 0.2) is 0 Å². The topological polar surface area (TPSA) is 127 Å². The fourth-order valence-corrected chi connectivity index (χ4v) is 3.15. The van der Waals surface area contributed by atoms with E-state index in [-0.39, 0.29) is 22.1 Å². The highest BCUT2D eigenvalue weighted by molar-refractivity contribution is 5.96. The Hall–Kier alpha value is -1.92. The summed E-state index contributed by atoms with van der Waals surface area (Å²) in [5.41, 5.74) is 11.8. The predicted molar refractivity (Wildman–Crippen MR) is 88.5 cm³/mol. The Morgan fingerprint density at radius 1 is 1.13 bits per heavy atom. The molecule has 0 bridgehead atoms. The molecule has 1 aromatic carbocycles. The molecule has 0 aromatic heterocycles. The fraction of sp³-hybridized carbons (Fsp3) is 0.529. The predicted octanol–water partition coefficient (Wildman–Crippen LogP) is 2.48. The number of aromatic carboxylic acids is 2. The zero-order valence-electron chi connectivity index (χ0n) is 13.9. The minimum atomic E-state index is -1.17. The van der Waals surface area contributed by atoms with Crippen molar-refractivity contribution in [1.82, 2.24) is 0 Å². The number of carbonyl (C=O) groups is 2. The molecule has 23 heavy (non-hydrogen) atoms. The van der Waals surface area contributed by atoms with Crippen LogP contribution in [0.5, 0.6) is 0 Å². The van der Waals surface area contributed by atoms with E-state index in [9.17, 15) is 19.8 Å². The van der Waals surface area contributed by atoms with Crippen molar-refractivity contribution < 1.29 is 19.8 Å². The standard InChI is InChI=1S/C17H26N2O4/c1-10(9-18)7-17(2,3)8-13(19)14-11(15(20)21)5-4-6-12(14)16(22)23/h4-6,10,13H,7-9,18-19H2,1-3H3,(H,20,21)(H,22,23). The minimum Gasteiger partial charge on any atom is -0.478 e. The van der Waals surface area contributed by atoms with E-state index in [0.29, 0.717) is 18.9 Å². The van der Waals surface area contributed by atoms with Gasteiger partial charge in [0.25, 0.3) is 0 Å². The Kier molecular flexibility index (Phi) is 6.29. The lowest BCUT2D eigenvalue weighted by Crippen LogP contribution is -2.28. The molecule has 6 heteroatoms. The largest absolute Gasteiger partial charge is 0.478 e. The Balaban J connectivity index is 3.18. The van der Waals surface area contributed by atoms with Crippen LogP contribution in [0.25, 0.3) is 0 Å². The van der Waals surface area contributed by atoms with E-state index >= 15 is 0 Å². The lowest BCUT2D eigenvalue weighted by molar-refractivity contribution is 0.0693. The van der Waals surface area contributed by atoms with Gasteiger partial charge in [-0.1, -0.05) is 26.8 Å². The monoisotopic (exact) mass is 322 g/mol. The van der Waals surface area contributed by atoms with Crippen molar-refractivity contribution in [1.29, 1.82) is 0 Å². The van der Waals surface area contributed by atoms with E-state index in [2.05, 4.69) is 0 Å². The maximum Gasteiger partial charge on any atom is 0.336 e. The van der Waals surface area contributed by atoms with E-state index in [0.717, 1.165) is 6.42 Å². The molecule has 1 rings (SSSR count). The van der Waals surface area contributed by atoms with Crippen molar-refractivity contribution in [2.24, 2.45) is 22.8 Å². The fourth-order valence-electron chi connectivity index (χ4n) is 3.15. The van der Waals surface area contributed by atoms with Crippen molar-refractivity contribution in [3.8, 4) is 0 Å². The number of carboxylic acids is 2. The van der Waals surface area contributed by atoms with Gasteiger partial charge in [-0.25, -0.2) is 9.59 Å². The number of carboxylic acid groups (broad SMARTS) is 2. The van der Waals surface area contributed by atoms with Gasteiger partial charge in [-0.15, -0.1) is 0 Å². The van der Waals surface area contributed by atoms with Crippen LogP contribution < -0.4 is 11.5 Å². The molecule has 6 nitrogen and oxygen atoms in total. The molecule has 0 spiro atoms. The molecule has 2 atom stereocenters. The summed E-state index contributed by atoms with van der Waals surface area (Å²) in [4.78, 5) is 22.9. The maximum absolute atomic E-state index is 11.4. The summed E-state index contributed by atoms with van der Waals surface area (Å²) in [6, 6.07) is 3.53. The first-order valence-electron chi connectivity index (χ1n) is 7.64. The lowest BCUT2D eigenvalue weighted by atomic mass is 9.76. The van der Waals surface area contributed by atoms with Crippen LogP contribution in [-0.2, 0) is 0 Å². The van der Waals surface area contributed by atoms with Gasteiger partial charge >= 0.3 is 11.9 Å². The molecule has 0 aliphatic carbocycles. The summed E-state index contributed by atoms with van der Waals surface area (Å²) in [5.74, 6) is -2.04. The molecule has 0 radical (unpaired) electrons. The van der Waals surface area contributed by atoms with Crippen LogP contribution >= 0.6 is 0 Å². The number of rotatable bonds is 8. The smallest absolute Gasteiger partial charge is 0.336 e. The molecular formula is C17H26N2O4. The molecule has 2 unspecified atom stereocenters. The van der Waals surface area contributed by atoms with Gasteiger partial charge in [0.05, 0.1) is 11.1 Å². The van der Waals surface area contributed by atoms with Crippen LogP contribution in [0.1, 0.15) is 65.9 Å². The highest BCUT2D eigenvalue weighted by Gasteiger charge is 2.29. The second kappa shape index (κ2) is 7.57. The van der Waals surface area contributed by atoms with Gasteiger partial charge in [0.2, 0.25) is 0 Å². The first kappa shape index (κ1) is 19.1. The molecule has 128 valence electrons. The third-order valence-electron chi connectivity index (χ3n) is 4.01. The zero-order valence-corrected chi connectivity index (χ0v) is 13.9. The van der Waals surface area contributed by atoms with Gasteiger partial charge in [-0.3, -0.25) is 0 Å². The molecule has 6 N–H and O–H groups in total. The van der Waals surface area contributed by atoms with Gasteiger partial charge in [-0.05, 0) is 48.4 Å².